The average molecular weight is 243 g/mol. The summed E-state index contributed by atoms with van der Waals surface area (Å²) in [6.07, 6.45) is 3.63. The Morgan fingerprint density at radius 3 is 3.06 bits per heavy atom. The number of anilines is 1. The van der Waals surface area contributed by atoms with E-state index in [9.17, 15) is 4.79 Å². The molecule has 1 fully saturated rings. The SMILES string of the molecule is CNc1cc(Cl)cn([C@H]2CCCOC2)c1=O. The molecule has 1 aliphatic rings. The second-order valence-corrected chi connectivity index (χ2v) is 4.34. The standard InChI is InChI=1S/C11H15ClN2O2/c1-13-10-5-8(12)6-14(11(10)15)9-3-2-4-16-7-9/h5-6,9,13H,2-4,7H2,1H3/t9-/m0/s1. The van der Waals surface area contributed by atoms with E-state index in [2.05, 4.69) is 5.32 Å². The Hall–Kier alpha value is -1.00. The predicted octanol–water partition coefficient (Wildman–Crippen LogP) is 1.89. The lowest BCUT2D eigenvalue weighted by Crippen LogP contribution is -2.31. The molecule has 0 unspecified atom stereocenters. The molecule has 4 nitrogen and oxygen atoms in total. The molecule has 0 aliphatic carbocycles. The van der Waals surface area contributed by atoms with Crippen molar-refractivity contribution in [1.82, 2.24) is 4.57 Å². The Morgan fingerprint density at radius 2 is 2.44 bits per heavy atom. The van der Waals surface area contributed by atoms with Gasteiger partial charge in [0.2, 0.25) is 0 Å². The Labute approximate surface area is 99.2 Å². The summed E-state index contributed by atoms with van der Waals surface area (Å²) in [6.45, 7) is 1.37. The second-order valence-electron chi connectivity index (χ2n) is 3.91. The molecule has 88 valence electrons. The van der Waals surface area contributed by atoms with Crippen LogP contribution in [0.4, 0.5) is 5.69 Å². The summed E-state index contributed by atoms with van der Waals surface area (Å²) >= 11 is 5.98. The topological polar surface area (TPSA) is 43.3 Å². The monoisotopic (exact) mass is 242 g/mol. The van der Waals surface area contributed by atoms with Crippen LogP contribution < -0.4 is 10.9 Å². The number of nitrogens with zero attached hydrogens (tertiary/aromatic N) is 1. The van der Waals surface area contributed by atoms with Gasteiger partial charge in [0.1, 0.15) is 5.69 Å². The number of pyridine rings is 1. The minimum absolute atomic E-state index is 0.0394. The highest BCUT2D eigenvalue weighted by atomic mass is 35.5. The highest BCUT2D eigenvalue weighted by Crippen LogP contribution is 2.20. The van der Waals surface area contributed by atoms with Crippen LogP contribution >= 0.6 is 11.6 Å². The normalized spacial score (nSPS) is 20.8. The van der Waals surface area contributed by atoms with Crippen LogP contribution in [0.2, 0.25) is 5.02 Å². The molecular weight excluding hydrogens is 228 g/mol. The summed E-state index contributed by atoms with van der Waals surface area (Å²) in [6, 6.07) is 1.75. The summed E-state index contributed by atoms with van der Waals surface area (Å²) in [5.41, 5.74) is 0.487. The molecule has 1 N–H and O–H groups in total. The van der Waals surface area contributed by atoms with Crippen molar-refractivity contribution in [2.75, 3.05) is 25.6 Å². The van der Waals surface area contributed by atoms with Gasteiger partial charge in [-0.2, -0.15) is 0 Å². The minimum atomic E-state index is -0.0394. The van der Waals surface area contributed by atoms with Gasteiger partial charge in [-0.05, 0) is 18.9 Å². The van der Waals surface area contributed by atoms with Crippen LogP contribution in [0.1, 0.15) is 18.9 Å². The van der Waals surface area contributed by atoms with E-state index in [-0.39, 0.29) is 11.6 Å². The molecule has 1 saturated heterocycles. The third-order valence-corrected chi connectivity index (χ3v) is 3.02. The molecule has 1 aliphatic heterocycles. The first kappa shape index (κ1) is 11.5. The first-order chi connectivity index (χ1) is 7.72. The fourth-order valence-electron chi connectivity index (χ4n) is 1.96. The van der Waals surface area contributed by atoms with E-state index in [1.54, 1.807) is 23.9 Å². The molecule has 1 aromatic heterocycles. The summed E-state index contributed by atoms with van der Waals surface area (Å²) in [5.74, 6) is 0. The first-order valence-electron chi connectivity index (χ1n) is 5.39. The van der Waals surface area contributed by atoms with Gasteiger partial charge in [0.05, 0.1) is 17.7 Å². The summed E-state index contributed by atoms with van der Waals surface area (Å²) in [7, 11) is 1.72. The van der Waals surface area contributed by atoms with Crippen LogP contribution in [0, 0.1) is 0 Å². The molecule has 2 heterocycles. The minimum Gasteiger partial charge on any atom is -0.384 e. The van der Waals surface area contributed by atoms with Crippen molar-refractivity contribution in [3.63, 3.8) is 0 Å². The molecule has 0 spiro atoms. The largest absolute Gasteiger partial charge is 0.384 e. The highest BCUT2D eigenvalue weighted by Gasteiger charge is 2.18. The molecule has 5 heteroatoms. The Balaban J connectivity index is 2.38. The molecule has 0 saturated carbocycles. The lowest BCUT2D eigenvalue weighted by Gasteiger charge is -2.24. The zero-order chi connectivity index (χ0) is 11.5. The van der Waals surface area contributed by atoms with Gasteiger partial charge in [-0.25, -0.2) is 0 Å². The molecule has 1 aromatic rings. The number of aromatic nitrogens is 1. The number of hydrogen-bond acceptors (Lipinski definition) is 3. The Bertz CT molecular complexity index is 424. The number of rotatable bonds is 2. The van der Waals surface area contributed by atoms with Gasteiger partial charge < -0.3 is 14.6 Å². The fraction of sp³-hybridized carbons (Fsp3) is 0.545. The van der Waals surface area contributed by atoms with Gasteiger partial charge in [-0.3, -0.25) is 4.79 Å². The van der Waals surface area contributed by atoms with Crippen LogP contribution in [-0.4, -0.2) is 24.8 Å². The van der Waals surface area contributed by atoms with Gasteiger partial charge in [0.15, 0.2) is 0 Å². The van der Waals surface area contributed by atoms with Crippen molar-refractivity contribution < 1.29 is 4.74 Å². The van der Waals surface area contributed by atoms with E-state index in [1.165, 1.54) is 0 Å². The zero-order valence-corrected chi connectivity index (χ0v) is 9.96. The fourth-order valence-corrected chi connectivity index (χ4v) is 2.18. The maximum atomic E-state index is 12.0. The summed E-state index contributed by atoms with van der Waals surface area (Å²) in [5, 5.41) is 3.42. The highest BCUT2D eigenvalue weighted by molar-refractivity contribution is 6.30. The van der Waals surface area contributed by atoms with Crippen molar-refractivity contribution in [2.24, 2.45) is 0 Å². The zero-order valence-electron chi connectivity index (χ0n) is 9.20. The van der Waals surface area contributed by atoms with Crippen LogP contribution in [0.3, 0.4) is 0 Å². The van der Waals surface area contributed by atoms with E-state index in [0.29, 0.717) is 17.3 Å². The first-order valence-corrected chi connectivity index (χ1v) is 5.77. The number of nitrogens with one attached hydrogen (secondary N) is 1. The molecule has 0 amide bonds. The summed E-state index contributed by atoms with van der Waals surface area (Å²) in [4.78, 5) is 12.0. The number of hydrogen-bond donors (Lipinski definition) is 1. The molecule has 0 radical (unpaired) electrons. The van der Waals surface area contributed by atoms with Crippen LogP contribution in [-0.2, 0) is 4.74 Å². The lowest BCUT2D eigenvalue weighted by atomic mass is 10.1. The maximum Gasteiger partial charge on any atom is 0.274 e. The van der Waals surface area contributed by atoms with Gasteiger partial charge in [0, 0.05) is 19.9 Å². The molecule has 16 heavy (non-hydrogen) atoms. The van der Waals surface area contributed by atoms with E-state index < -0.39 is 0 Å². The van der Waals surface area contributed by atoms with Gasteiger partial charge in [0.25, 0.3) is 5.56 Å². The second kappa shape index (κ2) is 4.89. The number of halogens is 1. The maximum absolute atomic E-state index is 12.0. The molecular formula is C11H15ClN2O2. The molecule has 2 rings (SSSR count). The van der Waals surface area contributed by atoms with E-state index in [0.717, 1.165) is 19.4 Å². The molecule has 1 atom stereocenters. The quantitative estimate of drug-likeness (QED) is 0.862. The molecule has 0 aromatic carbocycles. The van der Waals surface area contributed by atoms with Crippen molar-refractivity contribution in [1.29, 1.82) is 0 Å². The van der Waals surface area contributed by atoms with Gasteiger partial charge >= 0.3 is 0 Å². The van der Waals surface area contributed by atoms with E-state index in [4.69, 9.17) is 16.3 Å². The average Bonchev–Trinajstić information content (AvgIpc) is 2.33. The van der Waals surface area contributed by atoms with Crippen LogP contribution in [0.25, 0.3) is 0 Å². The van der Waals surface area contributed by atoms with E-state index in [1.807, 2.05) is 0 Å². The van der Waals surface area contributed by atoms with Crippen molar-refractivity contribution in [3.8, 4) is 0 Å². The van der Waals surface area contributed by atoms with Gasteiger partial charge in [-0.15, -0.1) is 0 Å². The third-order valence-electron chi connectivity index (χ3n) is 2.81. The van der Waals surface area contributed by atoms with Crippen LogP contribution in [0.5, 0.6) is 0 Å². The summed E-state index contributed by atoms with van der Waals surface area (Å²) < 4.78 is 7.06. The van der Waals surface area contributed by atoms with Gasteiger partial charge in [-0.1, -0.05) is 11.6 Å². The molecule has 0 bridgehead atoms. The Kier molecular flexibility index (Phi) is 3.51. The number of ether oxygens (including phenoxy) is 1. The lowest BCUT2D eigenvalue weighted by molar-refractivity contribution is 0.0581. The third kappa shape index (κ3) is 2.23. The van der Waals surface area contributed by atoms with Crippen molar-refractivity contribution in [3.05, 3.63) is 27.6 Å². The Morgan fingerprint density at radius 1 is 1.62 bits per heavy atom. The van der Waals surface area contributed by atoms with E-state index >= 15 is 0 Å². The van der Waals surface area contributed by atoms with Crippen molar-refractivity contribution in [2.45, 2.75) is 18.9 Å². The predicted molar refractivity (Wildman–Crippen MR) is 64.3 cm³/mol. The smallest absolute Gasteiger partial charge is 0.274 e. The van der Waals surface area contributed by atoms with Crippen molar-refractivity contribution >= 4 is 17.3 Å². The van der Waals surface area contributed by atoms with Crippen LogP contribution in [0.15, 0.2) is 17.1 Å².